The van der Waals surface area contributed by atoms with E-state index >= 15 is 0 Å². The number of methoxy groups -OCH3 is 1. The summed E-state index contributed by atoms with van der Waals surface area (Å²) in [5.41, 5.74) is -0.447. The standard InChI is InChI=1S/C13H16F3NO/c1-18-10-7-6-9(8-10)17-12-5-3-2-4-11(12)13(14,15)16/h2-5,9-10,17H,6-8H2,1H3. The van der Waals surface area contributed by atoms with Crippen molar-refractivity contribution in [3.8, 4) is 0 Å². The first-order valence-electron chi connectivity index (χ1n) is 5.96. The maximum atomic E-state index is 12.8. The van der Waals surface area contributed by atoms with Crippen molar-refractivity contribution in [2.75, 3.05) is 12.4 Å². The van der Waals surface area contributed by atoms with Crippen molar-refractivity contribution in [3.05, 3.63) is 29.8 Å². The molecule has 1 fully saturated rings. The van der Waals surface area contributed by atoms with Gasteiger partial charge in [0.2, 0.25) is 0 Å². The van der Waals surface area contributed by atoms with Gasteiger partial charge >= 0.3 is 6.18 Å². The Morgan fingerprint density at radius 3 is 2.56 bits per heavy atom. The number of rotatable bonds is 3. The molecule has 1 aromatic carbocycles. The summed E-state index contributed by atoms with van der Waals surface area (Å²) in [6.07, 6.45) is -1.68. The molecule has 1 N–H and O–H groups in total. The first-order chi connectivity index (χ1) is 8.50. The third-order valence-electron chi connectivity index (χ3n) is 3.31. The molecule has 0 aliphatic heterocycles. The van der Waals surface area contributed by atoms with Crippen LogP contribution in [0.4, 0.5) is 18.9 Å². The van der Waals surface area contributed by atoms with E-state index in [2.05, 4.69) is 5.32 Å². The van der Waals surface area contributed by atoms with Crippen LogP contribution in [0.3, 0.4) is 0 Å². The highest BCUT2D eigenvalue weighted by Crippen LogP contribution is 2.36. The van der Waals surface area contributed by atoms with Gasteiger partial charge in [-0.3, -0.25) is 0 Å². The van der Waals surface area contributed by atoms with Gasteiger partial charge in [0.25, 0.3) is 0 Å². The molecule has 0 aromatic heterocycles. The Morgan fingerprint density at radius 1 is 1.22 bits per heavy atom. The molecule has 2 atom stereocenters. The van der Waals surface area contributed by atoms with Crippen molar-refractivity contribution in [1.82, 2.24) is 0 Å². The second-order valence-corrected chi connectivity index (χ2v) is 4.56. The fourth-order valence-electron chi connectivity index (χ4n) is 2.36. The zero-order chi connectivity index (χ0) is 13.2. The van der Waals surface area contributed by atoms with E-state index in [1.165, 1.54) is 12.1 Å². The number of para-hydroxylation sites is 1. The molecule has 5 heteroatoms. The highest BCUT2D eigenvalue weighted by atomic mass is 19.4. The molecule has 0 radical (unpaired) electrons. The van der Waals surface area contributed by atoms with Crippen molar-refractivity contribution in [2.45, 2.75) is 37.6 Å². The van der Waals surface area contributed by atoms with E-state index in [-0.39, 0.29) is 17.8 Å². The maximum absolute atomic E-state index is 12.8. The molecule has 0 spiro atoms. The van der Waals surface area contributed by atoms with Crippen LogP contribution in [-0.4, -0.2) is 19.3 Å². The van der Waals surface area contributed by atoms with Gasteiger partial charge < -0.3 is 10.1 Å². The lowest BCUT2D eigenvalue weighted by Gasteiger charge is -2.18. The predicted octanol–water partition coefficient (Wildman–Crippen LogP) is 3.68. The van der Waals surface area contributed by atoms with Gasteiger partial charge in [-0.25, -0.2) is 0 Å². The Bertz CT molecular complexity index is 405. The van der Waals surface area contributed by atoms with Crippen LogP contribution >= 0.6 is 0 Å². The molecule has 0 saturated heterocycles. The fraction of sp³-hybridized carbons (Fsp3) is 0.538. The third-order valence-corrected chi connectivity index (χ3v) is 3.31. The van der Waals surface area contributed by atoms with Crippen molar-refractivity contribution < 1.29 is 17.9 Å². The summed E-state index contributed by atoms with van der Waals surface area (Å²) >= 11 is 0. The minimum absolute atomic E-state index is 0.0541. The lowest BCUT2D eigenvalue weighted by atomic mass is 10.1. The number of nitrogens with one attached hydrogen (secondary N) is 1. The van der Waals surface area contributed by atoms with Crippen molar-refractivity contribution in [2.24, 2.45) is 0 Å². The van der Waals surface area contributed by atoms with Crippen LogP contribution in [0.2, 0.25) is 0 Å². The zero-order valence-corrected chi connectivity index (χ0v) is 10.1. The van der Waals surface area contributed by atoms with Crippen LogP contribution in [0.5, 0.6) is 0 Å². The molecule has 2 unspecified atom stereocenters. The lowest BCUT2D eigenvalue weighted by molar-refractivity contribution is -0.137. The summed E-state index contributed by atoms with van der Waals surface area (Å²) in [5.74, 6) is 0. The van der Waals surface area contributed by atoms with Gasteiger partial charge in [-0.1, -0.05) is 12.1 Å². The van der Waals surface area contributed by atoms with Gasteiger partial charge in [0.05, 0.1) is 11.7 Å². The summed E-state index contributed by atoms with van der Waals surface area (Å²) in [4.78, 5) is 0. The molecule has 1 saturated carbocycles. The van der Waals surface area contributed by atoms with Gasteiger partial charge in [0.1, 0.15) is 0 Å². The highest BCUT2D eigenvalue weighted by molar-refractivity contribution is 5.53. The van der Waals surface area contributed by atoms with E-state index in [1.807, 2.05) is 0 Å². The topological polar surface area (TPSA) is 21.3 Å². The van der Waals surface area contributed by atoms with Crippen LogP contribution in [0.15, 0.2) is 24.3 Å². The maximum Gasteiger partial charge on any atom is 0.418 e. The van der Waals surface area contributed by atoms with Crippen LogP contribution in [0, 0.1) is 0 Å². The largest absolute Gasteiger partial charge is 0.418 e. The molecule has 18 heavy (non-hydrogen) atoms. The Kier molecular flexibility index (Phi) is 3.80. The van der Waals surface area contributed by atoms with Gasteiger partial charge in [-0.2, -0.15) is 13.2 Å². The van der Waals surface area contributed by atoms with Crippen molar-refractivity contribution in [1.29, 1.82) is 0 Å². The smallest absolute Gasteiger partial charge is 0.382 e. The molecular weight excluding hydrogens is 243 g/mol. The second-order valence-electron chi connectivity index (χ2n) is 4.56. The number of alkyl halides is 3. The van der Waals surface area contributed by atoms with E-state index in [1.54, 1.807) is 13.2 Å². The first-order valence-corrected chi connectivity index (χ1v) is 5.96. The minimum atomic E-state index is -4.32. The number of ether oxygens (including phenoxy) is 1. The molecule has 100 valence electrons. The van der Waals surface area contributed by atoms with Crippen molar-refractivity contribution in [3.63, 3.8) is 0 Å². The van der Waals surface area contributed by atoms with E-state index in [9.17, 15) is 13.2 Å². The Balaban J connectivity index is 2.10. The summed E-state index contributed by atoms with van der Waals surface area (Å²) < 4.78 is 43.6. The minimum Gasteiger partial charge on any atom is -0.382 e. The Morgan fingerprint density at radius 2 is 1.94 bits per heavy atom. The van der Waals surface area contributed by atoms with Crippen LogP contribution in [-0.2, 0) is 10.9 Å². The van der Waals surface area contributed by atoms with Crippen molar-refractivity contribution >= 4 is 5.69 Å². The zero-order valence-electron chi connectivity index (χ0n) is 10.1. The normalized spacial score (nSPS) is 24.2. The number of benzene rings is 1. The van der Waals surface area contributed by atoms with E-state index < -0.39 is 11.7 Å². The molecule has 0 bridgehead atoms. The molecule has 2 nitrogen and oxygen atoms in total. The highest BCUT2D eigenvalue weighted by Gasteiger charge is 2.34. The second kappa shape index (κ2) is 5.18. The van der Waals surface area contributed by atoms with Gasteiger partial charge in [-0.15, -0.1) is 0 Å². The van der Waals surface area contributed by atoms with Gasteiger partial charge in [0, 0.05) is 18.8 Å². The number of hydrogen-bond donors (Lipinski definition) is 1. The molecule has 1 aromatic rings. The van der Waals surface area contributed by atoms with E-state index in [0.29, 0.717) is 0 Å². The fourth-order valence-corrected chi connectivity index (χ4v) is 2.36. The Labute approximate surface area is 104 Å². The van der Waals surface area contributed by atoms with E-state index in [4.69, 9.17) is 4.74 Å². The summed E-state index contributed by atoms with van der Waals surface area (Å²) in [6, 6.07) is 5.65. The SMILES string of the molecule is COC1CCC(Nc2ccccc2C(F)(F)F)C1. The third kappa shape index (κ3) is 2.96. The summed E-state index contributed by atoms with van der Waals surface area (Å²) in [6.45, 7) is 0. The predicted molar refractivity (Wildman–Crippen MR) is 63.5 cm³/mol. The average Bonchev–Trinajstić information content (AvgIpc) is 2.76. The molecule has 0 amide bonds. The molecule has 2 rings (SSSR count). The van der Waals surface area contributed by atoms with Crippen LogP contribution in [0.25, 0.3) is 0 Å². The molecule has 1 aliphatic rings. The summed E-state index contributed by atoms with van der Waals surface area (Å²) in [7, 11) is 1.64. The quantitative estimate of drug-likeness (QED) is 0.894. The van der Waals surface area contributed by atoms with Crippen LogP contribution in [0.1, 0.15) is 24.8 Å². The molecule has 0 heterocycles. The van der Waals surface area contributed by atoms with E-state index in [0.717, 1.165) is 25.3 Å². The molecule has 1 aliphatic carbocycles. The average molecular weight is 259 g/mol. The lowest BCUT2D eigenvalue weighted by Crippen LogP contribution is -2.20. The number of halogens is 3. The van der Waals surface area contributed by atoms with Crippen LogP contribution < -0.4 is 5.32 Å². The monoisotopic (exact) mass is 259 g/mol. The Hall–Kier alpha value is -1.23. The number of anilines is 1. The van der Waals surface area contributed by atoms with Gasteiger partial charge in [0.15, 0.2) is 0 Å². The summed E-state index contributed by atoms with van der Waals surface area (Å²) in [5, 5.41) is 2.98. The molecular formula is C13H16F3NO. The van der Waals surface area contributed by atoms with Gasteiger partial charge in [-0.05, 0) is 31.4 Å². The first kappa shape index (κ1) is 13.2. The number of hydrogen-bond acceptors (Lipinski definition) is 2.